The number of methoxy groups -OCH3 is 4. The fourth-order valence-electron chi connectivity index (χ4n) is 2.15. The van der Waals surface area contributed by atoms with Crippen LogP contribution in [0.15, 0.2) is 0 Å². The molecule has 10 nitrogen and oxygen atoms in total. The van der Waals surface area contributed by atoms with Crippen LogP contribution in [0.4, 0.5) is 0 Å². The van der Waals surface area contributed by atoms with Crippen LogP contribution < -0.4 is 18.9 Å². The van der Waals surface area contributed by atoms with Crippen molar-refractivity contribution in [1.29, 1.82) is 0 Å². The van der Waals surface area contributed by atoms with Crippen molar-refractivity contribution in [2.75, 3.05) is 80.4 Å². The normalized spacial score (nSPS) is 12.1. The molecule has 0 aliphatic carbocycles. The van der Waals surface area contributed by atoms with Gasteiger partial charge in [0, 0.05) is 40.8 Å². The molecule has 0 aromatic heterocycles. The molecule has 0 aliphatic rings. The first-order chi connectivity index (χ1) is 12.9. The second-order valence-electron chi connectivity index (χ2n) is 5.84. The molecule has 0 bridgehead atoms. The second kappa shape index (κ2) is 19.2. The van der Waals surface area contributed by atoms with Gasteiger partial charge in [-0.1, -0.05) is 0 Å². The molecule has 0 aliphatic heterocycles. The predicted molar refractivity (Wildman–Crippen MR) is 95.9 cm³/mol. The minimum atomic E-state index is -4.26. The Morgan fingerprint density at radius 3 is 1.36 bits per heavy atom. The first-order valence-electron chi connectivity index (χ1n) is 8.60. The molecule has 28 heavy (non-hydrogen) atoms. The number of rotatable bonds is 19. The van der Waals surface area contributed by atoms with Gasteiger partial charge in [0.2, 0.25) is 0 Å². The van der Waals surface area contributed by atoms with Crippen LogP contribution in [-0.4, -0.2) is 112 Å². The van der Waals surface area contributed by atoms with Crippen molar-refractivity contribution < 1.29 is 65.0 Å². The van der Waals surface area contributed by atoms with Gasteiger partial charge in [-0.25, -0.2) is 8.42 Å². The number of hydrogen-bond acceptors (Lipinski definition) is 10. The van der Waals surface area contributed by atoms with E-state index < -0.39 is 22.0 Å². The zero-order valence-electron chi connectivity index (χ0n) is 17.6. The molecule has 0 N–H and O–H groups in total. The molecule has 164 valence electrons. The summed E-state index contributed by atoms with van der Waals surface area (Å²) in [5, 5.41) is 0. The molecule has 0 rings (SSSR count). The van der Waals surface area contributed by atoms with E-state index in [0.717, 1.165) is 0 Å². The van der Waals surface area contributed by atoms with Crippen LogP contribution in [0.1, 0.15) is 6.42 Å². The summed E-state index contributed by atoms with van der Waals surface area (Å²) in [6.45, 7) is 1.88. The van der Waals surface area contributed by atoms with Crippen LogP contribution in [0.25, 0.3) is 0 Å². The van der Waals surface area contributed by atoms with Gasteiger partial charge in [0.05, 0.1) is 49.8 Å². The summed E-state index contributed by atoms with van der Waals surface area (Å²) in [7, 11) is 1.99. The summed E-state index contributed by atoms with van der Waals surface area (Å²) >= 11 is 0. The van der Waals surface area contributed by atoms with Crippen molar-refractivity contribution in [1.82, 2.24) is 0 Å². The van der Waals surface area contributed by atoms with E-state index in [9.17, 15) is 13.0 Å². The van der Waals surface area contributed by atoms with Crippen LogP contribution >= 0.6 is 0 Å². The average molecular weight is 424 g/mol. The van der Waals surface area contributed by atoms with Crippen LogP contribution in [0, 0.1) is 0 Å². The Morgan fingerprint density at radius 1 is 0.679 bits per heavy atom. The number of hydrogen-bond donors (Lipinski definition) is 0. The Morgan fingerprint density at radius 2 is 1.04 bits per heavy atom. The third-order valence-corrected chi connectivity index (χ3v) is 4.13. The molecule has 0 unspecified atom stereocenters. The quantitative estimate of drug-likeness (QED) is 0.118. The summed E-state index contributed by atoms with van der Waals surface area (Å²) in [6, 6.07) is 0. The molecule has 0 aromatic carbocycles. The Bertz CT molecular complexity index is 405. The van der Waals surface area contributed by atoms with Crippen molar-refractivity contribution >= 4 is 10.1 Å². The molecule has 0 amide bonds. The van der Waals surface area contributed by atoms with E-state index in [-0.39, 0.29) is 57.3 Å². The van der Waals surface area contributed by atoms with Crippen molar-refractivity contribution in [2.45, 2.75) is 24.7 Å². The van der Waals surface area contributed by atoms with Gasteiger partial charge in [-0.05, 0) is 6.42 Å². The SMILES string of the molecule is COCC(COC)OCC(COC(COC)COC)OCCCS(=O)(=O)[O-].[Li+]. The monoisotopic (exact) mass is 424 g/mol. The summed E-state index contributed by atoms with van der Waals surface area (Å²) in [6.07, 6.45) is -0.919. The molecule has 0 saturated heterocycles. The predicted octanol–water partition coefficient (Wildman–Crippen LogP) is -3.33. The zero-order chi connectivity index (χ0) is 20.5. The molecule has 0 aromatic rings. The molecule has 0 heterocycles. The molecule has 0 radical (unpaired) electrons. The van der Waals surface area contributed by atoms with E-state index in [1.165, 1.54) is 0 Å². The zero-order valence-corrected chi connectivity index (χ0v) is 18.4. The fourth-order valence-corrected chi connectivity index (χ4v) is 2.62. The van der Waals surface area contributed by atoms with Gasteiger partial charge in [0.1, 0.15) is 18.3 Å². The largest absolute Gasteiger partial charge is 1.00 e. The topological polar surface area (TPSA) is 122 Å². The summed E-state index contributed by atoms with van der Waals surface area (Å²) in [4.78, 5) is 0. The fraction of sp³-hybridized carbons (Fsp3) is 1.00. The van der Waals surface area contributed by atoms with Gasteiger partial charge < -0.3 is 37.7 Å². The third-order valence-electron chi connectivity index (χ3n) is 3.34. The summed E-state index contributed by atoms with van der Waals surface area (Å²) in [5.74, 6) is -0.479. The maximum absolute atomic E-state index is 10.7. The van der Waals surface area contributed by atoms with E-state index in [2.05, 4.69) is 0 Å². The second-order valence-corrected chi connectivity index (χ2v) is 7.36. The smallest absolute Gasteiger partial charge is 0.748 e. The number of ether oxygens (including phenoxy) is 7. The maximum atomic E-state index is 10.7. The van der Waals surface area contributed by atoms with E-state index in [0.29, 0.717) is 26.4 Å². The Labute approximate surface area is 180 Å². The molecule has 0 atom stereocenters. The van der Waals surface area contributed by atoms with Gasteiger partial charge in [-0.2, -0.15) is 0 Å². The van der Waals surface area contributed by atoms with E-state index in [1.807, 2.05) is 0 Å². The molecule has 0 spiro atoms. The van der Waals surface area contributed by atoms with E-state index in [4.69, 9.17) is 33.2 Å². The van der Waals surface area contributed by atoms with Crippen molar-refractivity contribution in [3.8, 4) is 0 Å². The molecular weight excluding hydrogens is 391 g/mol. The summed E-state index contributed by atoms with van der Waals surface area (Å²) in [5.41, 5.74) is 0. The van der Waals surface area contributed by atoms with E-state index in [1.54, 1.807) is 28.4 Å². The van der Waals surface area contributed by atoms with E-state index >= 15 is 0 Å². The average Bonchev–Trinajstić information content (AvgIpc) is 2.59. The molecule has 0 fully saturated rings. The first kappa shape index (κ1) is 30.4. The van der Waals surface area contributed by atoms with Crippen molar-refractivity contribution in [2.24, 2.45) is 0 Å². The molecule has 12 heteroatoms. The van der Waals surface area contributed by atoms with Crippen molar-refractivity contribution in [3.63, 3.8) is 0 Å². The van der Waals surface area contributed by atoms with Gasteiger partial charge in [0.15, 0.2) is 0 Å². The van der Waals surface area contributed by atoms with Crippen LogP contribution in [0.3, 0.4) is 0 Å². The molecular formula is C16H33LiO10S. The van der Waals surface area contributed by atoms with Gasteiger partial charge >= 0.3 is 18.9 Å². The minimum absolute atomic E-state index is 0. The van der Waals surface area contributed by atoms with Crippen LogP contribution in [-0.2, 0) is 43.3 Å². The maximum Gasteiger partial charge on any atom is 1.00 e. The minimum Gasteiger partial charge on any atom is -0.748 e. The Kier molecular flexibility index (Phi) is 20.9. The third kappa shape index (κ3) is 18.3. The van der Waals surface area contributed by atoms with Gasteiger partial charge in [-0.3, -0.25) is 0 Å². The van der Waals surface area contributed by atoms with Crippen molar-refractivity contribution in [3.05, 3.63) is 0 Å². The van der Waals surface area contributed by atoms with Gasteiger partial charge in [-0.15, -0.1) is 0 Å². The Hall–Kier alpha value is 0.227. The van der Waals surface area contributed by atoms with Crippen LogP contribution in [0.5, 0.6) is 0 Å². The Balaban J connectivity index is 0. The first-order valence-corrected chi connectivity index (χ1v) is 10.2. The van der Waals surface area contributed by atoms with Gasteiger partial charge in [0.25, 0.3) is 0 Å². The standard InChI is InChI=1S/C16H34O10S.Li/c1-20-8-14(9-21-2)25-12-16(24-6-5-7-27(17,18)19)13-26-15(10-22-3)11-23-4;/h14-16H,5-13H2,1-4H3,(H,17,18,19);/q;+1/p-1. The molecule has 0 saturated carbocycles. The summed E-state index contributed by atoms with van der Waals surface area (Å²) < 4.78 is 69.4. The van der Waals surface area contributed by atoms with Crippen LogP contribution in [0.2, 0.25) is 0 Å².